The number of aryl methyl sites for hydroxylation is 2. The standard InChI is InChI=1S/C29H33N3O5S/c1-21-9-12-25(13-10-21)38(35,36)32(26-16-22(2)11-14-27(26)37-3)20-28(33)30-18-23-6-4-7-24(17-23)19-31-15-5-8-29(31)34/h4,6-7,9-14,16-17H,5,8,15,18-20H2,1-3H3,(H,30,33). The van der Waals surface area contributed by atoms with Crippen molar-refractivity contribution in [3.8, 4) is 5.75 Å². The first-order chi connectivity index (χ1) is 18.2. The molecule has 0 atom stereocenters. The van der Waals surface area contributed by atoms with Gasteiger partial charge in [0.25, 0.3) is 10.0 Å². The number of sulfonamides is 1. The monoisotopic (exact) mass is 535 g/mol. The van der Waals surface area contributed by atoms with E-state index in [2.05, 4.69) is 5.32 Å². The molecule has 1 heterocycles. The first-order valence-corrected chi connectivity index (χ1v) is 14.0. The van der Waals surface area contributed by atoms with Crippen LogP contribution in [0.3, 0.4) is 0 Å². The van der Waals surface area contributed by atoms with E-state index in [9.17, 15) is 18.0 Å². The van der Waals surface area contributed by atoms with Crippen LogP contribution in [0.4, 0.5) is 5.69 Å². The summed E-state index contributed by atoms with van der Waals surface area (Å²) in [5, 5.41) is 2.85. The number of methoxy groups -OCH3 is 1. The van der Waals surface area contributed by atoms with Crippen molar-refractivity contribution in [1.82, 2.24) is 10.2 Å². The maximum absolute atomic E-state index is 13.7. The fraction of sp³-hybridized carbons (Fsp3) is 0.310. The third-order valence-corrected chi connectivity index (χ3v) is 8.30. The van der Waals surface area contributed by atoms with E-state index >= 15 is 0 Å². The summed E-state index contributed by atoms with van der Waals surface area (Å²) in [6.07, 6.45) is 1.46. The van der Waals surface area contributed by atoms with Crippen molar-refractivity contribution < 1.29 is 22.7 Å². The molecule has 1 fully saturated rings. The summed E-state index contributed by atoms with van der Waals surface area (Å²) >= 11 is 0. The summed E-state index contributed by atoms with van der Waals surface area (Å²) in [5.74, 6) is 0.0535. The molecule has 38 heavy (non-hydrogen) atoms. The van der Waals surface area contributed by atoms with Gasteiger partial charge in [-0.3, -0.25) is 13.9 Å². The lowest BCUT2D eigenvalue weighted by atomic mass is 10.1. The number of hydrogen-bond donors (Lipinski definition) is 1. The minimum atomic E-state index is -4.07. The van der Waals surface area contributed by atoms with Crippen LogP contribution in [0.25, 0.3) is 0 Å². The number of benzene rings is 3. The van der Waals surface area contributed by atoms with Gasteiger partial charge in [-0.25, -0.2) is 8.42 Å². The smallest absolute Gasteiger partial charge is 0.264 e. The van der Waals surface area contributed by atoms with Gasteiger partial charge in [0.15, 0.2) is 0 Å². The molecule has 0 spiro atoms. The van der Waals surface area contributed by atoms with Crippen LogP contribution in [-0.2, 0) is 32.7 Å². The largest absolute Gasteiger partial charge is 0.495 e. The molecule has 0 unspecified atom stereocenters. The molecule has 1 aliphatic rings. The van der Waals surface area contributed by atoms with Crippen LogP contribution in [0.2, 0.25) is 0 Å². The van der Waals surface area contributed by atoms with Crippen LogP contribution < -0.4 is 14.4 Å². The molecule has 0 aliphatic carbocycles. The summed E-state index contributed by atoms with van der Waals surface area (Å²) in [7, 11) is -2.60. The lowest BCUT2D eigenvalue weighted by Gasteiger charge is -2.26. The number of nitrogens with one attached hydrogen (secondary N) is 1. The summed E-state index contributed by atoms with van der Waals surface area (Å²) in [5.41, 5.74) is 3.90. The summed E-state index contributed by atoms with van der Waals surface area (Å²) in [4.78, 5) is 27.0. The van der Waals surface area contributed by atoms with Crippen LogP contribution in [0.15, 0.2) is 71.6 Å². The fourth-order valence-electron chi connectivity index (χ4n) is 4.45. The molecule has 0 radical (unpaired) electrons. The molecule has 8 nitrogen and oxygen atoms in total. The molecule has 2 amide bonds. The van der Waals surface area contributed by atoms with Crippen molar-refractivity contribution >= 4 is 27.5 Å². The second-order valence-corrected chi connectivity index (χ2v) is 11.4. The Hall–Kier alpha value is -3.85. The molecule has 0 saturated carbocycles. The fourth-order valence-corrected chi connectivity index (χ4v) is 5.87. The zero-order valence-electron chi connectivity index (χ0n) is 21.9. The molecule has 3 aromatic rings. The molecular weight excluding hydrogens is 502 g/mol. The Balaban J connectivity index is 1.54. The highest BCUT2D eigenvalue weighted by Gasteiger charge is 2.29. The van der Waals surface area contributed by atoms with Gasteiger partial charge in [0.2, 0.25) is 11.8 Å². The third-order valence-electron chi connectivity index (χ3n) is 6.53. The highest BCUT2D eigenvalue weighted by molar-refractivity contribution is 7.92. The van der Waals surface area contributed by atoms with E-state index in [-0.39, 0.29) is 17.3 Å². The van der Waals surface area contributed by atoms with Gasteiger partial charge in [-0.1, -0.05) is 48.0 Å². The second kappa shape index (κ2) is 11.7. The summed E-state index contributed by atoms with van der Waals surface area (Å²) in [6.45, 7) is 4.83. The zero-order valence-corrected chi connectivity index (χ0v) is 22.8. The van der Waals surface area contributed by atoms with Crippen LogP contribution in [0, 0.1) is 13.8 Å². The van der Waals surface area contributed by atoms with Gasteiger partial charge >= 0.3 is 0 Å². The van der Waals surface area contributed by atoms with Gasteiger partial charge in [-0.2, -0.15) is 0 Å². The molecule has 4 rings (SSSR count). The number of nitrogens with zero attached hydrogens (tertiary/aromatic N) is 2. The Labute approximate surface area is 224 Å². The van der Waals surface area contributed by atoms with Crippen molar-refractivity contribution in [2.75, 3.05) is 24.5 Å². The average molecular weight is 536 g/mol. The van der Waals surface area contributed by atoms with Gasteiger partial charge in [0, 0.05) is 26.1 Å². The SMILES string of the molecule is COc1ccc(C)cc1N(CC(=O)NCc1cccc(CN2CCCC2=O)c1)S(=O)(=O)c1ccc(C)cc1. The highest BCUT2D eigenvalue weighted by atomic mass is 32.2. The molecule has 1 saturated heterocycles. The summed E-state index contributed by atoms with van der Waals surface area (Å²) < 4.78 is 34.0. The van der Waals surface area contributed by atoms with Crippen molar-refractivity contribution in [3.05, 3.63) is 89.0 Å². The van der Waals surface area contributed by atoms with E-state index in [0.717, 1.165) is 39.5 Å². The van der Waals surface area contributed by atoms with Gasteiger partial charge < -0.3 is 15.0 Å². The zero-order chi connectivity index (χ0) is 27.3. The van der Waals surface area contributed by atoms with Crippen molar-refractivity contribution in [2.24, 2.45) is 0 Å². The minimum absolute atomic E-state index is 0.0867. The molecule has 200 valence electrons. The topological polar surface area (TPSA) is 96.0 Å². The maximum Gasteiger partial charge on any atom is 0.264 e. The summed E-state index contributed by atoms with van der Waals surface area (Å²) in [6, 6.07) is 19.4. The molecule has 0 bridgehead atoms. The minimum Gasteiger partial charge on any atom is -0.495 e. The maximum atomic E-state index is 13.7. The van der Waals surface area contributed by atoms with Crippen LogP contribution >= 0.6 is 0 Å². The quantitative estimate of drug-likeness (QED) is 0.424. The van der Waals surface area contributed by atoms with Crippen molar-refractivity contribution in [2.45, 2.75) is 44.7 Å². The predicted octanol–water partition coefficient (Wildman–Crippen LogP) is 3.95. The Morgan fingerprint density at radius 3 is 2.39 bits per heavy atom. The number of rotatable bonds is 10. The van der Waals surface area contributed by atoms with E-state index < -0.39 is 22.5 Å². The highest BCUT2D eigenvalue weighted by Crippen LogP contribution is 2.33. The van der Waals surface area contributed by atoms with Crippen molar-refractivity contribution in [3.63, 3.8) is 0 Å². The van der Waals surface area contributed by atoms with Gasteiger partial charge in [-0.15, -0.1) is 0 Å². The third kappa shape index (κ3) is 6.34. The second-order valence-electron chi connectivity index (χ2n) is 9.52. The number of anilines is 1. The van der Waals surface area contributed by atoms with Crippen LogP contribution in [0.5, 0.6) is 5.75 Å². The number of ether oxygens (including phenoxy) is 1. The Morgan fingerprint density at radius 1 is 1.00 bits per heavy atom. The molecule has 1 N–H and O–H groups in total. The molecule has 3 aromatic carbocycles. The van der Waals surface area contributed by atoms with E-state index in [1.54, 1.807) is 24.3 Å². The van der Waals surface area contributed by atoms with E-state index in [1.807, 2.05) is 49.1 Å². The van der Waals surface area contributed by atoms with Crippen LogP contribution in [0.1, 0.15) is 35.1 Å². The van der Waals surface area contributed by atoms with Gasteiger partial charge in [0.1, 0.15) is 12.3 Å². The molecule has 0 aromatic heterocycles. The first-order valence-electron chi connectivity index (χ1n) is 12.5. The van der Waals surface area contributed by atoms with Gasteiger partial charge in [0.05, 0.1) is 17.7 Å². The Morgan fingerprint density at radius 2 is 1.71 bits per heavy atom. The lowest BCUT2D eigenvalue weighted by Crippen LogP contribution is -2.41. The van der Waals surface area contributed by atoms with Crippen LogP contribution in [-0.4, -0.2) is 45.3 Å². The molecule has 9 heteroatoms. The Bertz CT molecular complexity index is 1420. The van der Waals surface area contributed by atoms with E-state index in [0.29, 0.717) is 24.4 Å². The van der Waals surface area contributed by atoms with Crippen molar-refractivity contribution in [1.29, 1.82) is 0 Å². The average Bonchev–Trinajstić information content (AvgIpc) is 3.30. The lowest BCUT2D eigenvalue weighted by molar-refractivity contribution is -0.128. The number of carbonyl (C=O) groups excluding carboxylic acids is 2. The predicted molar refractivity (Wildman–Crippen MR) is 146 cm³/mol. The molecular formula is C29H33N3O5S. The normalized spacial score (nSPS) is 13.4. The van der Waals surface area contributed by atoms with Gasteiger partial charge in [-0.05, 0) is 61.2 Å². The van der Waals surface area contributed by atoms with E-state index in [1.165, 1.54) is 19.2 Å². The number of carbonyl (C=O) groups is 2. The Kier molecular flexibility index (Phi) is 8.36. The number of likely N-dealkylation sites (tertiary alicyclic amines) is 1. The van der Waals surface area contributed by atoms with E-state index in [4.69, 9.17) is 4.74 Å². The molecule has 1 aliphatic heterocycles. The number of hydrogen-bond acceptors (Lipinski definition) is 5. The first kappa shape index (κ1) is 27.2. The number of amides is 2.